The number of benzene rings is 2. The minimum atomic E-state index is -2.17. The van der Waals surface area contributed by atoms with Crippen molar-refractivity contribution in [3.63, 3.8) is 0 Å². The lowest BCUT2D eigenvalue weighted by Gasteiger charge is -2.39. The van der Waals surface area contributed by atoms with Crippen LogP contribution in [0.1, 0.15) is 51.9 Å². The van der Waals surface area contributed by atoms with Gasteiger partial charge in [-0.1, -0.05) is 41.5 Å². The molecule has 0 unspecified atom stereocenters. The first-order chi connectivity index (χ1) is 15.5. The molecule has 0 spiro atoms. The predicted octanol–water partition coefficient (Wildman–Crippen LogP) is 6.98. The molecule has 0 saturated heterocycles. The number of aromatic nitrogens is 3. The first-order valence-electron chi connectivity index (χ1n) is 11.6. The third kappa shape index (κ3) is 5.52. The van der Waals surface area contributed by atoms with Crippen molar-refractivity contribution in [3.8, 4) is 11.5 Å². The average Bonchev–Trinajstić information content (AvgIpc) is 3.15. The highest BCUT2D eigenvalue weighted by molar-refractivity contribution is 6.75. The van der Waals surface area contributed by atoms with Gasteiger partial charge in [0.1, 0.15) is 22.5 Å². The molecular weight excluding hydrogens is 460 g/mol. The van der Waals surface area contributed by atoms with Gasteiger partial charge in [0.15, 0.2) is 0 Å². The van der Waals surface area contributed by atoms with Crippen LogP contribution < -0.4 is 14.2 Å². The summed E-state index contributed by atoms with van der Waals surface area (Å²) < 4.78 is 13.3. The van der Waals surface area contributed by atoms with E-state index in [9.17, 15) is 4.79 Å². The summed E-state index contributed by atoms with van der Waals surface area (Å²) in [6, 6.07) is 10.9. The van der Waals surface area contributed by atoms with Crippen molar-refractivity contribution in [2.45, 2.75) is 77.8 Å². The van der Waals surface area contributed by atoms with Crippen LogP contribution in [0.4, 0.5) is 5.69 Å². The number of hydrogen-bond acceptors (Lipinski definition) is 5. The Hall–Kier alpha value is -2.66. The van der Waals surface area contributed by atoms with Crippen molar-refractivity contribution in [3.05, 3.63) is 42.0 Å². The second-order valence-corrected chi connectivity index (χ2v) is 21.3. The van der Waals surface area contributed by atoms with Gasteiger partial charge in [0.25, 0.3) is 22.5 Å². The number of rotatable bonds is 6. The van der Waals surface area contributed by atoms with Crippen LogP contribution in [-0.2, 0) is 0 Å². The molecule has 34 heavy (non-hydrogen) atoms. The van der Waals surface area contributed by atoms with E-state index in [-0.39, 0.29) is 16.0 Å². The Morgan fingerprint density at radius 2 is 1.35 bits per heavy atom. The molecule has 0 aliphatic heterocycles. The Kier molecular flexibility index (Phi) is 6.75. The van der Waals surface area contributed by atoms with Crippen LogP contribution in [0.25, 0.3) is 11.0 Å². The molecule has 0 aliphatic carbocycles. The van der Waals surface area contributed by atoms with Crippen LogP contribution in [0.2, 0.25) is 36.3 Å². The number of fused-ring (bicyclic) bond motifs is 1. The summed E-state index contributed by atoms with van der Waals surface area (Å²) in [5.41, 5.74) is 2.60. The van der Waals surface area contributed by atoms with Crippen molar-refractivity contribution in [2.75, 3.05) is 5.32 Å². The molecule has 1 amide bonds. The fraction of sp³-hybridized carbons (Fsp3) is 0.480. The van der Waals surface area contributed by atoms with Crippen molar-refractivity contribution in [2.24, 2.45) is 0 Å². The van der Waals surface area contributed by atoms with Gasteiger partial charge >= 0.3 is 0 Å². The molecule has 9 heteroatoms. The molecule has 184 valence electrons. The van der Waals surface area contributed by atoms with Gasteiger partial charge in [-0.3, -0.25) is 4.79 Å². The normalized spacial score (nSPS) is 13.1. The number of H-pyrrole nitrogens is 1. The van der Waals surface area contributed by atoms with Gasteiger partial charge in [0, 0.05) is 11.3 Å². The monoisotopic (exact) mass is 498 g/mol. The molecule has 2 aromatic carbocycles. The van der Waals surface area contributed by atoms with E-state index in [2.05, 4.69) is 88.5 Å². The molecule has 0 atom stereocenters. The fourth-order valence-electron chi connectivity index (χ4n) is 2.79. The van der Waals surface area contributed by atoms with E-state index in [0.717, 1.165) is 5.52 Å². The van der Waals surface area contributed by atoms with Gasteiger partial charge < -0.3 is 14.2 Å². The Morgan fingerprint density at radius 3 is 1.94 bits per heavy atom. The molecule has 2 N–H and O–H groups in total. The third-order valence-corrected chi connectivity index (χ3v) is 15.8. The fourth-order valence-corrected chi connectivity index (χ4v) is 4.83. The average molecular weight is 499 g/mol. The Bertz CT molecular complexity index is 1190. The van der Waals surface area contributed by atoms with Gasteiger partial charge in [-0.25, -0.2) is 0 Å². The van der Waals surface area contributed by atoms with E-state index in [1.165, 1.54) is 0 Å². The molecule has 1 aromatic heterocycles. The van der Waals surface area contributed by atoms with E-state index in [4.69, 9.17) is 8.85 Å². The zero-order valence-corrected chi connectivity index (χ0v) is 24.1. The highest BCUT2D eigenvalue weighted by atomic mass is 28.4. The quantitative estimate of drug-likeness (QED) is 0.358. The van der Waals surface area contributed by atoms with E-state index >= 15 is 0 Å². The number of anilines is 1. The molecule has 1 heterocycles. The second kappa shape index (κ2) is 8.85. The van der Waals surface area contributed by atoms with Crippen LogP contribution in [0.5, 0.6) is 11.5 Å². The summed E-state index contributed by atoms with van der Waals surface area (Å²) in [7, 11) is -4.27. The predicted molar refractivity (Wildman–Crippen MR) is 144 cm³/mol. The van der Waals surface area contributed by atoms with Crippen molar-refractivity contribution >= 4 is 39.3 Å². The number of nitrogens with one attached hydrogen (secondary N) is 2. The largest absolute Gasteiger partial charge is 0.541 e. The van der Waals surface area contributed by atoms with E-state index < -0.39 is 16.6 Å². The molecule has 7 nitrogen and oxygen atoms in total. The summed E-state index contributed by atoms with van der Waals surface area (Å²) >= 11 is 0. The second-order valence-electron chi connectivity index (χ2n) is 11.9. The minimum absolute atomic E-state index is 0.00646. The van der Waals surface area contributed by atoms with E-state index in [0.29, 0.717) is 28.3 Å². The summed E-state index contributed by atoms with van der Waals surface area (Å²) in [5, 5.41) is 13.7. The van der Waals surface area contributed by atoms with Gasteiger partial charge in [-0.05, 0) is 72.7 Å². The smallest absolute Gasteiger partial charge is 0.255 e. The maximum atomic E-state index is 13.1. The van der Waals surface area contributed by atoms with Crippen molar-refractivity contribution in [1.82, 2.24) is 15.4 Å². The number of nitrogens with zero attached hydrogens (tertiary/aromatic N) is 2. The van der Waals surface area contributed by atoms with Crippen LogP contribution in [0, 0.1) is 0 Å². The molecule has 0 bridgehead atoms. The van der Waals surface area contributed by atoms with Crippen LogP contribution in [0.3, 0.4) is 0 Å². The summed E-state index contributed by atoms with van der Waals surface area (Å²) in [6.45, 7) is 22.0. The summed E-state index contributed by atoms with van der Waals surface area (Å²) in [6.07, 6.45) is 0. The van der Waals surface area contributed by atoms with Crippen LogP contribution in [-0.4, -0.2) is 38.0 Å². The lowest BCUT2D eigenvalue weighted by atomic mass is 10.2. The number of carbonyl (C=O) groups is 1. The maximum absolute atomic E-state index is 13.1. The zero-order valence-electron chi connectivity index (χ0n) is 22.1. The lowest BCUT2D eigenvalue weighted by Crippen LogP contribution is -2.45. The Balaban J connectivity index is 1.96. The number of carbonyl (C=O) groups excluding carboxylic acids is 1. The van der Waals surface area contributed by atoms with Gasteiger partial charge in [-0.15, -0.1) is 0 Å². The van der Waals surface area contributed by atoms with Gasteiger partial charge in [-0.2, -0.15) is 15.4 Å². The van der Waals surface area contributed by atoms with E-state index in [1.807, 2.05) is 24.3 Å². The third-order valence-electron chi connectivity index (χ3n) is 7.12. The molecule has 0 aliphatic rings. The summed E-state index contributed by atoms with van der Waals surface area (Å²) in [5.74, 6) is 1.12. The standard InChI is InChI=1S/C25H38N4O3Si2/c1-24(2,3)33(7,8)31-21-14-11-17(15-22(21)32-34(9,10)25(4,5)6)23(30)26-18-12-13-19-20(16-18)28-29-27-19/h11-16H,1-10H3,(H,26,30)(H,27,28,29). The van der Waals surface area contributed by atoms with Crippen LogP contribution in [0.15, 0.2) is 36.4 Å². The van der Waals surface area contributed by atoms with Gasteiger partial charge in [0.05, 0.1) is 0 Å². The van der Waals surface area contributed by atoms with Crippen molar-refractivity contribution < 1.29 is 13.6 Å². The SMILES string of the molecule is CC(C)(C)[Si](C)(C)Oc1ccc(C(=O)Nc2ccc3n[nH]nc3c2)cc1O[Si](C)(C)C(C)(C)C. The number of hydrogen-bond donors (Lipinski definition) is 2. The zero-order chi connectivity index (χ0) is 25.5. The Labute approximate surface area is 204 Å². The van der Waals surface area contributed by atoms with Crippen molar-refractivity contribution in [1.29, 1.82) is 0 Å². The highest BCUT2D eigenvalue weighted by Crippen LogP contribution is 2.43. The molecular formula is C25H38N4O3Si2. The first-order valence-corrected chi connectivity index (χ1v) is 17.5. The van der Waals surface area contributed by atoms with E-state index in [1.54, 1.807) is 12.1 Å². The minimum Gasteiger partial charge on any atom is -0.541 e. The molecule has 0 fully saturated rings. The van der Waals surface area contributed by atoms with Gasteiger partial charge in [0.2, 0.25) is 0 Å². The molecule has 3 rings (SSSR count). The topological polar surface area (TPSA) is 89.1 Å². The molecule has 0 saturated carbocycles. The molecule has 3 aromatic rings. The number of amides is 1. The first kappa shape index (κ1) is 26.0. The molecule has 0 radical (unpaired) electrons. The summed E-state index contributed by atoms with van der Waals surface area (Å²) in [4.78, 5) is 13.1. The highest BCUT2D eigenvalue weighted by Gasteiger charge is 2.42. The number of aromatic amines is 1. The Morgan fingerprint density at radius 1 is 0.794 bits per heavy atom. The lowest BCUT2D eigenvalue weighted by molar-refractivity contribution is 0.102. The van der Waals surface area contributed by atoms with Crippen LogP contribution >= 0.6 is 0 Å². The maximum Gasteiger partial charge on any atom is 0.255 e.